The molecular weight excluding hydrogens is 198 g/mol. The topological polar surface area (TPSA) is 37.8 Å². The highest BCUT2D eigenvalue weighted by Crippen LogP contribution is 2.16. The van der Waals surface area contributed by atoms with Crippen molar-refractivity contribution in [3.63, 3.8) is 0 Å². The van der Waals surface area contributed by atoms with E-state index in [9.17, 15) is 0 Å². The summed E-state index contributed by atoms with van der Waals surface area (Å²) in [7, 11) is 1.97. The molecule has 0 saturated heterocycles. The second-order valence-corrected chi connectivity index (χ2v) is 3.71. The number of hydrogen-bond acceptors (Lipinski definition) is 3. The molecule has 0 aliphatic rings. The van der Waals surface area contributed by atoms with Crippen molar-refractivity contribution in [1.29, 1.82) is 0 Å². The molecule has 1 unspecified atom stereocenters. The van der Waals surface area contributed by atoms with Crippen molar-refractivity contribution in [2.45, 2.75) is 12.5 Å². The Balaban J connectivity index is 2.13. The first-order chi connectivity index (χ1) is 7.90. The van der Waals surface area contributed by atoms with Crippen LogP contribution in [0.4, 0.5) is 0 Å². The van der Waals surface area contributed by atoms with Gasteiger partial charge in [0, 0.05) is 12.2 Å². The lowest BCUT2D eigenvalue weighted by molar-refractivity contribution is 0.588. The van der Waals surface area contributed by atoms with Crippen molar-refractivity contribution in [3.8, 4) is 0 Å². The Morgan fingerprint density at radius 1 is 1.12 bits per heavy atom. The Hall–Kier alpha value is -1.74. The first-order valence-corrected chi connectivity index (χ1v) is 5.38. The second-order valence-electron chi connectivity index (χ2n) is 3.71. The number of likely N-dealkylation sites (N-methyl/N-ethyl adjacent to an activating group) is 1. The molecule has 0 radical (unpaired) electrons. The van der Waals surface area contributed by atoms with Crippen molar-refractivity contribution in [3.05, 3.63) is 59.9 Å². The van der Waals surface area contributed by atoms with Crippen LogP contribution in [0.2, 0.25) is 0 Å². The highest BCUT2D eigenvalue weighted by Gasteiger charge is 2.09. The van der Waals surface area contributed by atoms with Crippen molar-refractivity contribution in [2.24, 2.45) is 0 Å². The van der Waals surface area contributed by atoms with Gasteiger partial charge in [0.1, 0.15) is 0 Å². The van der Waals surface area contributed by atoms with E-state index in [1.165, 1.54) is 11.1 Å². The molecule has 1 aromatic carbocycles. The van der Waals surface area contributed by atoms with Gasteiger partial charge in [0.15, 0.2) is 0 Å². The van der Waals surface area contributed by atoms with Gasteiger partial charge in [0.05, 0.1) is 6.20 Å². The number of nitrogens with one attached hydrogen (secondary N) is 1. The average Bonchev–Trinajstić information content (AvgIpc) is 2.38. The minimum Gasteiger partial charge on any atom is -0.313 e. The number of nitrogens with zero attached hydrogens (tertiary/aromatic N) is 2. The first kappa shape index (κ1) is 10.8. The summed E-state index contributed by atoms with van der Waals surface area (Å²) in [5.74, 6) is 0. The maximum Gasteiger partial charge on any atom is 0.0544 e. The van der Waals surface area contributed by atoms with E-state index in [0.29, 0.717) is 0 Å². The first-order valence-electron chi connectivity index (χ1n) is 5.38. The fraction of sp³-hybridized carbons (Fsp3) is 0.231. The van der Waals surface area contributed by atoms with Crippen LogP contribution in [0.25, 0.3) is 0 Å². The molecule has 3 heteroatoms. The van der Waals surface area contributed by atoms with Gasteiger partial charge in [-0.2, -0.15) is 10.2 Å². The molecule has 1 heterocycles. The van der Waals surface area contributed by atoms with Gasteiger partial charge < -0.3 is 5.32 Å². The molecule has 16 heavy (non-hydrogen) atoms. The second kappa shape index (κ2) is 5.37. The molecule has 2 aromatic rings. The molecule has 1 atom stereocenters. The maximum absolute atomic E-state index is 3.91. The van der Waals surface area contributed by atoms with E-state index in [1.807, 2.05) is 25.4 Å². The van der Waals surface area contributed by atoms with Crippen LogP contribution in [0.5, 0.6) is 0 Å². The summed E-state index contributed by atoms with van der Waals surface area (Å²) in [5.41, 5.74) is 2.49. The zero-order chi connectivity index (χ0) is 11.2. The molecule has 1 N–H and O–H groups in total. The standard InChI is InChI=1S/C13H15N3/c1-14-13(12-7-8-15-16-10-12)9-11-5-3-2-4-6-11/h2-8,10,13-14H,9H2,1H3. The molecule has 1 aromatic heterocycles. The molecule has 0 aliphatic heterocycles. The van der Waals surface area contributed by atoms with Gasteiger partial charge in [-0.1, -0.05) is 30.3 Å². The molecule has 2 rings (SSSR count). The molecule has 0 spiro atoms. The number of benzene rings is 1. The normalized spacial score (nSPS) is 12.3. The Labute approximate surface area is 95.5 Å². The Kier molecular flexibility index (Phi) is 3.62. The average molecular weight is 213 g/mol. The van der Waals surface area contributed by atoms with Gasteiger partial charge in [-0.15, -0.1) is 0 Å². The highest BCUT2D eigenvalue weighted by atomic mass is 15.1. The van der Waals surface area contributed by atoms with Crippen molar-refractivity contribution < 1.29 is 0 Å². The third-order valence-corrected chi connectivity index (χ3v) is 2.64. The lowest BCUT2D eigenvalue weighted by Crippen LogP contribution is -2.19. The summed E-state index contributed by atoms with van der Waals surface area (Å²) in [6.45, 7) is 0. The van der Waals surface area contributed by atoms with E-state index >= 15 is 0 Å². The maximum atomic E-state index is 3.91. The molecule has 0 aliphatic carbocycles. The summed E-state index contributed by atoms with van der Waals surface area (Å²) in [5, 5.41) is 11.0. The fourth-order valence-corrected chi connectivity index (χ4v) is 1.74. The summed E-state index contributed by atoms with van der Waals surface area (Å²) in [6, 6.07) is 12.7. The monoisotopic (exact) mass is 213 g/mol. The van der Waals surface area contributed by atoms with Crippen LogP contribution >= 0.6 is 0 Å². The molecule has 0 saturated carbocycles. The number of hydrogen-bond donors (Lipinski definition) is 1. The van der Waals surface area contributed by atoms with Crippen LogP contribution in [-0.2, 0) is 6.42 Å². The Bertz CT molecular complexity index is 414. The Morgan fingerprint density at radius 3 is 2.56 bits per heavy atom. The van der Waals surface area contributed by atoms with Gasteiger partial charge in [0.2, 0.25) is 0 Å². The highest BCUT2D eigenvalue weighted by molar-refractivity contribution is 5.20. The summed E-state index contributed by atoms with van der Waals surface area (Å²) in [6.07, 6.45) is 4.50. The van der Waals surface area contributed by atoms with Crippen LogP contribution in [0, 0.1) is 0 Å². The van der Waals surface area contributed by atoms with E-state index in [-0.39, 0.29) is 6.04 Å². The van der Waals surface area contributed by atoms with E-state index < -0.39 is 0 Å². The molecule has 82 valence electrons. The predicted octanol–water partition coefficient (Wildman–Crippen LogP) is 1.98. The van der Waals surface area contributed by atoms with Crippen LogP contribution in [-0.4, -0.2) is 17.2 Å². The predicted molar refractivity (Wildman–Crippen MR) is 64.0 cm³/mol. The van der Waals surface area contributed by atoms with E-state index in [0.717, 1.165) is 6.42 Å². The van der Waals surface area contributed by atoms with E-state index in [4.69, 9.17) is 0 Å². The van der Waals surface area contributed by atoms with Crippen molar-refractivity contribution in [1.82, 2.24) is 15.5 Å². The zero-order valence-electron chi connectivity index (χ0n) is 9.30. The number of rotatable bonds is 4. The van der Waals surface area contributed by atoms with Crippen LogP contribution < -0.4 is 5.32 Å². The molecule has 0 amide bonds. The van der Waals surface area contributed by atoms with Crippen molar-refractivity contribution >= 4 is 0 Å². The zero-order valence-corrected chi connectivity index (χ0v) is 9.30. The van der Waals surface area contributed by atoms with Crippen molar-refractivity contribution in [2.75, 3.05) is 7.05 Å². The van der Waals surface area contributed by atoms with E-state index in [1.54, 1.807) is 6.20 Å². The smallest absolute Gasteiger partial charge is 0.0544 e. The van der Waals surface area contributed by atoms with Gasteiger partial charge in [-0.3, -0.25) is 0 Å². The lowest BCUT2D eigenvalue weighted by atomic mass is 10.0. The van der Waals surface area contributed by atoms with Crippen LogP contribution in [0.3, 0.4) is 0 Å². The lowest BCUT2D eigenvalue weighted by Gasteiger charge is -2.15. The third kappa shape index (κ3) is 2.64. The summed E-state index contributed by atoms with van der Waals surface area (Å²) < 4.78 is 0. The summed E-state index contributed by atoms with van der Waals surface area (Å²) in [4.78, 5) is 0. The Morgan fingerprint density at radius 2 is 1.94 bits per heavy atom. The summed E-state index contributed by atoms with van der Waals surface area (Å²) >= 11 is 0. The number of aromatic nitrogens is 2. The van der Waals surface area contributed by atoms with Gasteiger partial charge in [0.25, 0.3) is 0 Å². The van der Waals surface area contributed by atoms with Crippen LogP contribution in [0.1, 0.15) is 17.2 Å². The SMILES string of the molecule is CNC(Cc1ccccc1)c1ccnnc1. The minimum absolute atomic E-state index is 0.290. The molecule has 3 nitrogen and oxygen atoms in total. The largest absolute Gasteiger partial charge is 0.313 e. The van der Waals surface area contributed by atoms with Gasteiger partial charge in [-0.25, -0.2) is 0 Å². The van der Waals surface area contributed by atoms with Gasteiger partial charge in [-0.05, 0) is 30.7 Å². The molecule has 0 fully saturated rings. The fourth-order valence-electron chi connectivity index (χ4n) is 1.74. The van der Waals surface area contributed by atoms with Crippen LogP contribution in [0.15, 0.2) is 48.8 Å². The van der Waals surface area contributed by atoms with E-state index in [2.05, 4.69) is 39.8 Å². The molecular formula is C13H15N3. The molecule has 0 bridgehead atoms. The van der Waals surface area contributed by atoms with Gasteiger partial charge >= 0.3 is 0 Å². The third-order valence-electron chi connectivity index (χ3n) is 2.64. The quantitative estimate of drug-likeness (QED) is 0.844. The minimum atomic E-state index is 0.290.